The Kier molecular flexibility index (Phi) is 5.48. The highest BCUT2D eigenvalue weighted by atomic mass is 16.2. The van der Waals surface area contributed by atoms with E-state index in [9.17, 15) is 9.59 Å². The Morgan fingerprint density at radius 1 is 1.29 bits per heavy atom. The first-order valence-corrected chi connectivity index (χ1v) is 3.98. The molecular weight excluding hydrogens is 184 g/mol. The van der Waals surface area contributed by atoms with E-state index < -0.39 is 17.7 Å². The summed E-state index contributed by atoms with van der Waals surface area (Å²) in [4.78, 5) is 21.8. The van der Waals surface area contributed by atoms with E-state index in [2.05, 4.69) is 0 Å². The minimum Gasteiger partial charge on any atom is -0.274 e. The van der Waals surface area contributed by atoms with Crippen LogP contribution in [0.15, 0.2) is 0 Å². The maximum absolute atomic E-state index is 11.0. The molecule has 0 heterocycles. The molecular formula is C8H10N4O2. The monoisotopic (exact) mass is 194 g/mol. The number of hydrogen-bond acceptors (Lipinski definition) is 4. The predicted octanol–water partition coefficient (Wildman–Crippen LogP) is -0.403. The molecule has 0 aromatic rings. The van der Waals surface area contributed by atoms with Gasteiger partial charge in [-0.2, -0.15) is 10.5 Å². The second-order valence-corrected chi connectivity index (χ2v) is 2.70. The van der Waals surface area contributed by atoms with E-state index in [0.29, 0.717) is 6.42 Å². The van der Waals surface area contributed by atoms with E-state index in [0.717, 1.165) is 0 Å². The first kappa shape index (κ1) is 11.9. The van der Waals surface area contributed by atoms with E-state index >= 15 is 0 Å². The van der Waals surface area contributed by atoms with Crippen LogP contribution in [0.4, 0.5) is 0 Å². The second kappa shape index (κ2) is 6.44. The molecule has 0 aromatic carbocycles. The molecule has 0 radical (unpaired) electrons. The van der Waals surface area contributed by atoms with E-state index in [4.69, 9.17) is 10.5 Å². The zero-order valence-electron chi connectivity index (χ0n) is 7.70. The molecule has 1 unspecified atom stereocenters. The van der Waals surface area contributed by atoms with E-state index in [1.165, 1.54) is 12.4 Å². The fourth-order valence-electron chi connectivity index (χ4n) is 0.782. The number of nitrogens with one attached hydrogen (secondary N) is 2. The standard InChI is InChI=1S/C8H10N4O2/c1-6(8(14)12-5-10)2-3-7(13)11-4-9/h6H,2-3H2,1H3,(H,11,13)(H,12,14). The van der Waals surface area contributed by atoms with Crippen LogP contribution in [-0.2, 0) is 9.59 Å². The number of carbonyl (C=O) groups excluding carboxylic acids is 2. The Bertz CT molecular complexity index is 299. The topological polar surface area (TPSA) is 106 Å². The second-order valence-electron chi connectivity index (χ2n) is 2.70. The molecule has 74 valence electrons. The van der Waals surface area contributed by atoms with Crippen molar-refractivity contribution in [3.63, 3.8) is 0 Å². The molecule has 0 saturated heterocycles. The number of nitriles is 2. The number of rotatable bonds is 4. The van der Waals surface area contributed by atoms with E-state index in [-0.39, 0.29) is 6.42 Å². The highest BCUT2D eigenvalue weighted by Crippen LogP contribution is 2.04. The zero-order chi connectivity index (χ0) is 11.0. The van der Waals surface area contributed by atoms with Gasteiger partial charge in [-0.1, -0.05) is 6.92 Å². The number of carbonyl (C=O) groups is 2. The SMILES string of the molecule is CC(CCC(=O)NC#N)C(=O)NC#N. The van der Waals surface area contributed by atoms with Crippen molar-refractivity contribution < 1.29 is 9.59 Å². The molecule has 0 rings (SSSR count). The summed E-state index contributed by atoms with van der Waals surface area (Å²) in [5, 5.41) is 20.1. The van der Waals surface area contributed by atoms with Crippen LogP contribution >= 0.6 is 0 Å². The van der Waals surface area contributed by atoms with Crippen LogP contribution in [0.1, 0.15) is 19.8 Å². The molecule has 0 aliphatic rings. The third-order valence-corrected chi connectivity index (χ3v) is 1.63. The third-order valence-electron chi connectivity index (χ3n) is 1.63. The quantitative estimate of drug-likeness (QED) is 0.469. The van der Waals surface area contributed by atoms with Crippen molar-refractivity contribution in [3.8, 4) is 12.4 Å². The van der Waals surface area contributed by atoms with Gasteiger partial charge in [-0.3, -0.25) is 20.2 Å². The van der Waals surface area contributed by atoms with E-state index in [1.807, 2.05) is 10.6 Å². The molecule has 2 amide bonds. The highest BCUT2D eigenvalue weighted by Gasteiger charge is 2.13. The van der Waals surface area contributed by atoms with Crippen molar-refractivity contribution in [1.29, 1.82) is 10.5 Å². The molecule has 0 aliphatic carbocycles. The average molecular weight is 194 g/mol. The number of amides is 2. The van der Waals surface area contributed by atoms with Crippen LogP contribution < -0.4 is 10.6 Å². The number of hydrogen-bond donors (Lipinski definition) is 2. The van der Waals surface area contributed by atoms with Crippen LogP contribution in [0.2, 0.25) is 0 Å². The van der Waals surface area contributed by atoms with Gasteiger partial charge < -0.3 is 0 Å². The highest BCUT2D eigenvalue weighted by molar-refractivity contribution is 5.81. The van der Waals surface area contributed by atoms with Crippen molar-refractivity contribution in [2.45, 2.75) is 19.8 Å². The minimum absolute atomic E-state index is 0.0908. The van der Waals surface area contributed by atoms with Crippen molar-refractivity contribution in [2.24, 2.45) is 5.92 Å². The van der Waals surface area contributed by atoms with Gasteiger partial charge in [-0.05, 0) is 6.42 Å². The fourth-order valence-corrected chi connectivity index (χ4v) is 0.782. The lowest BCUT2D eigenvalue weighted by Gasteiger charge is -2.06. The lowest BCUT2D eigenvalue weighted by atomic mass is 10.0. The van der Waals surface area contributed by atoms with Gasteiger partial charge in [0.1, 0.15) is 0 Å². The third kappa shape index (κ3) is 4.73. The summed E-state index contributed by atoms with van der Waals surface area (Å²) in [7, 11) is 0. The van der Waals surface area contributed by atoms with Gasteiger partial charge in [0.15, 0.2) is 12.4 Å². The van der Waals surface area contributed by atoms with E-state index in [1.54, 1.807) is 6.92 Å². The molecule has 0 saturated carbocycles. The molecule has 0 aliphatic heterocycles. The normalized spacial score (nSPS) is 10.5. The Labute approximate surface area is 81.5 Å². The summed E-state index contributed by atoms with van der Waals surface area (Å²) in [5.74, 6) is -1.26. The fraction of sp³-hybridized carbons (Fsp3) is 0.500. The van der Waals surface area contributed by atoms with Gasteiger partial charge in [0.2, 0.25) is 11.8 Å². The Balaban J connectivity index is 3.81. The largest absolute Gasteiger partial charge is 0.274 e. The Morgan fingerprint density at radius 2 is 1.86 bits per heavy atom. The lowest BCUT2D eigenvalue weighted by molar-refractivity contribution is -0.124. The van der Waals surface area contributed by atoms with Gasteiger partial charge >= 0.3 is 0 Å². The number of nitrogens with zero attached hydrogens (tertiary/aromatic N) is 2. The van der Waals surface area contributed by atoms with Crippen molar-refractivity contribution in [2.75, 3.05) is 0 Å². The molecule has 6 heteroatoms. The first-order valence-electron chi connectivity index (χ1n) is 3.98. The van der Waals surface area contributed by atoms with Gasteiger partial charge in [0.25, 0.3) is 0 Å². The predicted molar refractivity (Wildman–Crippen MR) is 45.9 cm³/mol. The zero-order valence-corrected chi connectivity index (χ0v) is 7.70. The maximum atomic E-state index is 11.0. The molecule has 0 spiro atoms. The molecule has 0 fully saturated rings. The van der Waals surface area contributed by atoms with Gasteiger partial charge in [0.05, 0.1) is 0 Å². The van der Waals surface area contributed by atoms with Gasteiger partial charge in [0, 0.05) is 12.3 Å². The van der Waals surface area contributed by atoms with Crippen LogP contribution in [0.5, 0.6) is 0 Å². The molecule has 2 N–H and O–H groups in total. The maximum Gasteiger partial charge on any atom is 0.235 e. The van der Waals surface area contributed by atoms with Crippen LogP contribution in [-0.4, -0.2) is 11.8 Å². The van der Waals surface area contributed by atoms with Crippen LogP contribution in [0.25, 0.3) is 0 Å². The van der Waals surface area contributed by atoms with Gasteiger partial charge in [-0.15, -0.1) is 0 Å². The summed E-state index contributed by atoms with van der Waals surface area (Å²) >= 11 is 0. The molecule has 0 bridgehead atoms. The Morgan fingerprint density at radius 3 is 2.36 bits per heavy atom. The summed E-state index contributed by atoms with van der Waals surface area (Å²) in [6.45, 7) is 1.60. The van der Waals surface area contributed by atoms with Crippen LogP contribution in [0, 0.1) is 28.8 Å². The van der Waals surface area contributed by atoms with Crippen LogP contribution in [0.3, 0.4) is 0 Å². The summed E-state index contributed by atoms with van der Waals surface area (Å²) in [6.07, 6.45) is 3.40. The smallest absolute Gasteiger partial charge is 0.235 e. The minimum atomic E-state index is -0.427. The van der Waals surface area contributed by atoms with Crippen molar-refractivity contribution >= 4 is 11.8 Å². The summed E-state index contributed by atoms with van der Waals surface area (Å²) in [6, 6.07) is 0. The molecule has 14 heavy (non-hydrogen) atoms. The first-order chi connectivity index (χ1) is 6.61. The van der Waals surface area contributed by atoms with Gasteiger partial charge in [-0.25, -0.2) is 0 Å². The average Bonchev–Trinajstić information content (AvgIpc) is 2.15. The molecule has 1 atom stereocenters. The molecule has 0 aromatic heterocycles. The molecule has 6 nitrogen and oxygen atoms in total. The summed E-state index contributed by atoms with van der Waals surface area (Å²) < 4.78 is 0. The lowest BCUT2D eigenvalue weighted by Crippen LogP contribution is -2.26. The Hall–Kier alpha value is -2.08. The van der Waals surface area contributed by atoms with Crippen molar-refractivity contribution in [3.05, 3.63) is 0 Å². The van der Waals surface area contributed by atoms with Crippen molar-refractivity contribution in [1.82, 2.24) is 10.6 Å². The summed E-state index contributed by atoms with van der Waals surface area (Å²) in [5.41, 5.74) is 0.